The van der Waals surface area contributed by atoms with Crippen LogP contribution in [0, 0.1) is 0 Å². The SMILES string of the molecule is CCn1c(=O)c(=O)n(CC(=O)NCCc2cccs2)c2ccccc21. The summed E-state index contributed by atoms with van der Waals surface area (Å²) >= 11 is 1.64. The Bertz CT molecular complexity index is 1000. The summed E-state index contributed by atoms with van der Waals surface area (Å²) < 4.78 is 2.69. The monoisotopic (exact) mass is 357 g/mol. The minimum atomic E-state index is -0.672. The molecule has 1 aromatic carbocycles. The first-order valence-electron chi connectivity index (χ1n) is 8.13. The zero-order valence-corrected chi connectivity index (χ0v) is 14.7. The van der Waals surface area contributed by atoms with Crippen LogP contribution in [0.2, 0.25) is 0 Å². The minimum absolute atomic E-state index is 0.163. The fourth-order valence-corrected chi connectivity index (χ4v) is 3.53. The largest absolute Gasteiger partial charge is 0.354 e. The molecule has 0 aliphatic rings. The second kappa shape index (κ2) is 7.48. The average Bonchev–Trinajstić information content (AvgIpc) is 3.13. The van der Waals surface area contributed by atoms with Crippen LogP contribution in [0.3, 0.4) is 0 Å². The highest BCUT2D eigenvalue weighted by Gasteiger charge is 2.14. The van der Waals surface area contributed by atoms with Crippen LogP contribution in [0.25, 0.3) is 11.0 Å². The van der Waals surface area contributed by atoms with Crippen molar-refractivity contribution in [3.63, 3.8) is 0 Å². The van der Waals surface area contributed by atoms with E-state index in [4.69, 9.17) is 0 Å². The van der Waals surface area contributed by atoms with Gasteiger partial charge in [-0.1, -0.05) is 18.2 Å². The molecule has 2 heterocycles. The van der Waals surface area contributed by atoms with Gasteiger partial charge in [-0.2, -0.15) is 0 Å². The van der Waals surface area contributed by atoms with Crippen molar-refractivity contribution in [1.82, 2.24) is 14.5 Å². The molecule has 6 nitrogen and oxygen atoms in total. The number of para-hydroxylation sites is 2. The van der Waals surface area contributed by atoms with Crippen LogP contribution in [-0.4, -0.2) is 21.6 Å². The molecule has 130 valence electrons. The van der Waals surface area contributed by atoms with E-state index >= 15 is 0 Å². The molecule has 0 saturated heterocycles. The quantitative estimate of drug-likeness (QED) is 0.681. The van der Waals surface area contributed by atoms with Crippen molar-refractivity contribution in [3.05, 3.63) is 67.4 Å². The van der Waals surface area contributed by atoms with Crippen molar-refractivity contribution >= 4 is 28.3 Å². The van der Waals surface area contributed by atoms with Crippen molar-refractivity contribution in [1.29, 1.82) is 0 Å². The van der Waals surface area contributed by atoms with E-state index in [-0.39, 0.29) is 12.5 Å². The summed E-state index contributed by atoms with van der Waals surface area (Å²) in [5, 5.41) is 4.80. The van der Waals surface area contributed by atoms with Gasteiger partial charge < -0.3 is 9.88 Å². The molecule has 0 saturated carbocycles. The topological polar surface area (TPSA) is 73.1 Å². The molecule has 0 unspecified atom stereocenters. The Balaban J connectivity index is 1.83. The third kappa shape index (κ3) is 3.56. The van der Waals surface area contributed by atoms with Gasteiger partial charge in [-0.3, -0.25) is 19.0 Å². The van der Waals surface area contributed by atoms with Gasteiger partial charge in [0.25, 0.3) is 0 Å². The van der Waals surface area contributed by atoms with Crippen molar-refractivity contribution in [2.75, 3.05) is 6.54 Å². The number of amides is 1. The van der Waals surface area contributed by atoms with Crippen LogP contribution in [-0.2, 0) is 24.3 Å². The van der Waals surface area contributed by atoms with E-state index in [1.54, 1.807) is 29.5 Å². The normalized spacial score (nSPS) is 10.9. The van der Waals surface area contributed by atoms with E-state index in [1.165, 1.54) is 14.0 Å². The molecule has 1 N–H and O–H groups in total. The third-order valence-electron chi connectivity index (χ3n) is 4.03. The molecular formula is C18H19N3O3S. The maximum Gasteiger partial charge on any atom is 0.317 e. The number of hydrogen-bond acceptors (Lipinski definition) is 4. The number of aryl methyl sites for hydroxylation is 1. The standard InChI is InChI=1S/C18H19N3O3S/c1-2-20-14-7-3-4-8-15(14)21(18(24)17(20)23)12-16(22)19-10-9-13-6-5-11-25-13/h3-8,11H,2,9-10,12H2,1H3,(H,19,22). The summed E-state index contributed by atoms with van der Waals surface area (Å²) in [4.78, 5) is 38.1. The Hall–Kier alpha value is -2.67. The summed E-state index contributed by atoms with van der Waals surface area (Å²) in [6, 6.07) is 11.1. The van der Waals surface area contributed by atoms with Crippen LogP contribution in [0.15, 0.2) is 51.4 Å². The van der Waals surface area contributed by atoms with Crippen LogP contribution < -0.4 is 16.4 Å². The Kier molecular flexibility index (Phi) is 5.14. The number of nitrogens with one attached hydrogen (secondary N) is 1. The van der Waals surface area contributed by atoms with Crippen LogP contribution in [0.1, 0.15) is 11.8 Å². The zero-order valence-electron chi connectivity index (χ0n) is 13.9. The van der Waals surface area contributed by atoms with Crippen molar-refractivity contribution < 1.29 is 4.79 Å². The van der Waals surface area contributed by atoms with Crippen molar-refractivity contribution in [3.8, 4) is 0 Å². The van der Waals surface area contributed by atoms with Gasteiger partial charge in [0.2, 0.25) is 5.91 Å². The average molecular weight is 357 g/mol. The maximum absolute atomic E-state index is 12.4. The number of thiophene rings is 1. The molecule has 3 aromatic rings. The zero-order chi connectivity index (χ0) is 17.8. The lowest BCUT2D eigenvalue weighted by Gasteiger charge is -2.13. The first kappa shape index (κ1) is 17.2. The second-order valence-electron chi connectivity index (χ2n) is 5.61. The predicted octanol–water partition coefficient (Wildman–Crippen LogP) is 1.60. The Labute approximate surface area is 148 Å². The maximum atomic E-state index is 12.4. The summed E-state index contributed by atoms with van der Waals surface area (Å²) in [5.41, 5.74) is -0.0371. The number of nitrogens with zero attached hydrogens (tertiary/aromatic N) is 2. The Morgan fingerprint density at radius 2 is 1.72 bits per heavy atom. The fourth-order valence-electron chi connectivity index (χ4n) is 2.82. The van der Waals surface area contributed by atoms with Gasteiger partial charge in [-0.15, -0.1) is 11.3 Å². The number of fused-ring (bicyclic) bond motifs is 1. The van der Waals surface area contributed by atoms with Gasteiger partial charge in [0, 0.05) is 18.0 Å². The molecule has 7 heteroatoms. The molecule has 0 spiro atoms. The van der Waals surface area contributed by atoms with Crippen molar-refractivity contribution in [2.45, 2.75) is 26.4 Å². The van der Waals surface area contributed by atoms with Gasteiger partial charge in [0.1, 0.15) is 6.54 Å². The highest BCUT2D eigenvalue weighted by molar-refractivity contribution is 7.09. The molecule has 0 bridgehead atoms. The number of carbonyl (C=O) groups is 1. The number of rotatable bonds is 6. The summed E-state index contributed by atoms with van der Waals surface area (Å²) in [6.45, 7) is 2.55. The van der Waals surface area contributed by atoms with Crippen molar-refractivity contribution in [2.24, 2.45) is 0 Å². The van der Waals surface area contributed by atoms with E-state index < -0.39 is 11.1 Å². The summed E-state index contributed by atoms with van der Waals surface area (Å²) in [5.74, 6) is -0.280. The van der Waals surface area contributed by atoms with Gasteiger partial charge in [0.05, 0.1) is 11.0 Å². The first-order chi connectivity index (χ1) is 12.1. The highest BCUT2D eigenvalue weighted by Crippen LogP contribution is 2.10. The lowest BCUT2D eigenvalue weighted by atomic mass is 10.2. The summed E-state index contributed by atoms with van der Waals surface area (Å²) in [7, 11) is 0. The van der Waals surface area contributed by atoms with Crippen LogP contribution in [0.5, 0.6) is 0 Å². The van der Waals surface area contributed by atoms with E-state index in [9.17, 15) is 14.4 Å². The van der Waals surface area contributed by atoms with E-state index in [2.05, 4.69) is 5.32 Å². The lowest BCUT2D eigenvalue weighted by Crippen LogP contribution is -2.43. The van der Waals surface area contributed by atoms with E-state index in [1.807, 2.05) is 30.5 Å². The second-order valence-corrected chi connectivity index (χ2v) is 6.64. The van der Waals surface area contributed by atoms with Crippen LogP contribution >= 0.6 is 11.3 Å². The molecule has 0 aliphatic carbocycles. The Morgan fingerprint density at radius 1 is 1.04 bits per heavy atom. The number of hydrogen-bond donors (Lipinski definition) is 1. The fraction of sp³-hybridized carbons (Fsp3) is 0.278. The van der Waals surface area contributed by atoms with Gasteiger partial charge in [-0.05, 0) is 36.9 Å². The lowest BCUT2D eigenvalue weighted by molar-refractivity contribution is -0.121. The van der Waals surface area contributed by atoms with E-state index in [0.717, 1.165) is 6.42 Å². The summed E-state index contributed by atoms with van der Waals surface area (Å²) in [6.07, 6.45) is 0.747. The molecule has 0 fully saturated rings. The number of carbonyl (C=O) groups excluding carboxylic acids is 1. The Morgan fingerprint density at radius 3 is 2.36 bits per heavy atom. The number of aromatic nitrogens is 2. The molecule has 3 rings (SSSR count). The molecule has 0 radical (unpaired) electrons. The molecule has 1 amide bonds. The van der Waals surface area contributed by atoms with Crippen LogP contribution in [0.4, 0.5) is 0 Å². The minimum Gasteiger partial charge on any atom is -0.354 e. The molecule has 2 aromatic heterocycles. The molecule has 25 heavy (non-hydrogen) atoms. The predicted molar refractivity (Wildman–Crippen MR) is 99.2 cm³/mol. The molecule has 0 atom stereocenters. The van der Waals surface area contributed by atoms with Gasteiger partial charge in [0.15, 0.2) is 0 Å². The smallest absolute Gasteiger partial charge is 0.317 e. The third-order valence-corrected chi connectivity index (χ3v) is 4.96. The van der Waals surface area contributed by atoms with E-state index in [0.29, 0.717) is 24.1 Å². The highest BCUT2D eigenvalue weighted by atomic mass is 32.1. The van der Waals surface area contributed by atoms with Gasteiger partial charge >= 0.3 is 11.1 Å². The first-order valence-corrected chi connectivity index (χ1v) is 9.01. The number of benzene rings is 1. The molecular weight excluding hydrogens is 338 g/mol. The molecule has 0 aliphatic heterocycles. The van der Waals surface area contributed by atoms with Gasteiger partial charge in [-0.25, -0.2) is 0 Å².